The zero-order valence-corrected chi connectivity index (χ0v) is 16.8. The number of nitrogens with zero attached hydrogens (tertiary/aromatic N) is 2. The van der Waals surface area contributed by atoms with E-state index in [0.29, 0.717) is 39.3 Å². The van der Waals surface area contributed by atoms with E-state index in [2.05, 4.69) is 12.1 Å². The summed E-state index contributed by atoms with van der Waals surface area (Å²) < 4.78 is 11.1. The van der Waals surface area contributed by atoms with E-state index in [1.807, 2.05) is 9.80 Å². The first-order valence-electron chi connectivity index (χ1n) is 10.9. The Hall–Kier alpha value is -2.34. The summed E-state index contributed by atoms with van der Waals surface area (Å²) in [6.07, 6.45) is 7.24. The molecule has 29 heavy (non-hydrogen) atoms. The highest BCUT2D eigenvalue weighted by molar-refractivity contribution is 5.89. The van der Waals surface area contributed by atoms with Gasteiger partial charge in [-0.15, -0.1) is 0 Å². The summed E-state index contributed by atoms with van der Waals surface area (Å²) in [6.45, 7) is 3.80. The minimum Gasteiger partial charge on any atom is -0.464 e. The van der Waals surface area contributed by atoms with E-state index in [0.717, 1.165) is 48.8 Å². The predicted octanol–water partition coefficient (Wildman–Crippen LogP) is 2.56. The molecule has 2 aromatic rings. The Labute approximate surface area is 170 Å². The van der Waals surface area contributed by atoms with Crippen molar-refractivity contribution < 1.29 is 18.7 Å². The number of aryl methyl sites for hydroxylation is 2. The van der Waals surface area contributed by atoms with Crippen LogP contribution in [0.1, 0.15) is 36.0 Å². The molecule has 6 nitrogen and oxygen atoms in total. The van der Waals surface area contributed by atoms with Gasteiger partial charge in [0, 0.05) is 37.1 Å². The lowest BCUT2D eigenvalue weighted by Gasteiger charge is -2.36. The second-order valence-electron chi connectivity index (χ2n) is 8.52. The van der Waals surface area contributed by atoms with Crippen LogP contribution in [0.4, 0.5) is 0 Å². The Kier molecular flexibility index (Phi) is 5.04. The molecule has 2 aliphatic heterocycles. The second-order valence-corrected chi connectivity index (χ2v) is 8.52. The molecule has 0 N–H and O–H groups in total. The molecule has 0 radical (unpaired) electrons. The third kappa shape index (κ3) is 3.66. The number of fused-ring (bicyclic) bond motifs is 2. The van der Waals surface area contributed by atoms with Crippen LogP contribution in [0, 0.1) is 5.92 Å². The molecule has 0 spiro atoms. The molecule has 1 aromatic heterocycles. The normalized spacial score (nSPS) is 22.1. The van der Waals surface area contributed by atoms with Gasteiger partial charge >= 0.3 is 0 Å². The molecule has 6 heteroatoms. The Morgan fingerprint density at radius 1 is 1.00 bits per heavy atom. The lowest BCUT2D eigenvalue weighted by atomic mass is 9.95. The fourth-order valence-corrected chi connectivity index (χ4v) is 5.01. The molecule has 0 bridgehead atoms. The van der Waals surface area contributed by atoms with Gasteiger partial charge < -0.3 is 19.0 Å². The number of carbonyl (C=O) groups excluding carboxylic acids is 2. The predicted molar refractivity (Wildman–Crippen MR) is 109 cm³/mol. The van der Waals surface area contributed by atoms with Crippen LogP contribution < -0.4 is 0 Å². The zero-order chi connectivity index (χ0) is 19.8. The van der Waals surface area contributed by atoms with E-state index in [-0.39, 0.29) is 17.7 Å². The van der Waals surface area contributed by atoms with Crippen molar-refractivity contribution in [1.29, 1.82) is 0 Å². The first-order chi connectivity index (χ1) is 14.2. The molecule has 5 rings (SSSR count). The summed E-state index contributed by atoms with van der Waals surface area (Å²) in [5.74, 6) is 0.179. The first kappa shape index (κ1) is 18.7. The third-order valence-electron chi connectivity index (χ3n) is 6.66. The maximum atomic E-state index is 13.0. The molecular weight excluding hydrogens is 368 g/mol. The van der Waals surface area contributed by atoms with Gasteiger partial charge in [-0.3, -0.25) is 9.59 Å². The maximum absolute atomic E-state index is 13.0. The Balaban J connectivity index is 1.27. The van der Waals surface area contributed by atoms with Crippen LogP contribution in [0.15, 0.2) is 22.8 Å². The van der Waals surface area contributed by atoms with E-state index < -0.39 is 0 Å². The van der Waals surface area contributed by atoms with Crippen LogP contribution in [0.3, 0.4) is 0 Å². The lowest BCUT2D eigenvalue weighted by molar-refractivity contribution is -0.143. The van der Waals surface area contributed by atoms with Crippen molar-refractivity contribution in [3.63, 3.8) is 0 Å². The summed E-state index contributed by atoms with van der Waals surface area (Å²) in [5, 5.41) is 1.07. The molecule has 2 amide bonds. The van der Waals surface area contributed by atoms with Crippen LogP contribution >= 0.6 is 0 Å². The van der Waals surface area contributed by atoms with Crippen molar-refractivity contribution in [2.24, 2.45) is 5.92 Å². The molecule has 3 aliphatic rings. The summed E-state index contributed by atoms with van der Waals surface area (Å²) in [7, 11) is 0. The van der Waals surface area contributed by atoms with Crippen LogP contribution in [0.5, 0.6) is 0 Å². The highest BCUT2D eigenvalue weighted by Crippen LogP contribution is 2.31. The highest BCUT2D eigenvalue weighted by atomic mass is 16.5. The third-order valence-corrected chi connectivity index (χ3v) is 6.66. The van der Waals surface area contributed by atoms with Gasteiger partial charge in [-0.2, -0.15) is 0 Å². The summed E-state index contributed by atoms with van der Waals surface area (Å²) >= 11 is 0. The van der Waals surface area contributed by atoms with Gasteiger partial charge in [0.2, 0.25) is 11.8 Å². The van der Waals surface area contributed by atoms with Gasteiger partial charge in [-0.25, -0.2) is 0 Å². The Morgan fingerprint density at radius 3 is 2.62 bits per heavy atom. The standard InChI is InChI=1S/C23H28N2O4/c26-22(13-19-15-29-21-12-17-4-1-3-16(17)11-20(19)21)25-6-2-5-18(14-25)23(27)24-7-9-28-10-8-24/h11-12,15,18H,1-10,13-14H2. The Morgan fingerprint density at radius 2 is 1.79 bits per heavy atom. The largest absolute Gasteiger partial charge is 0.464 e. The average Bonchev–Trinajstić information content (AvgIpc) is 3.38. The SMILES string of the molecule is O=C(Cc1coc2cc3c(cc12)CCC3)N1CCCC(C(=O)N2CCOCC2)C1. The average molecular weight is 396 g/mol. The molecule has 1 aromatic carbocycles. The molecule has 1 atom stereocenters. The van der Waals surface area contributed by atoms with Gasteiger partial charge in [0.15, 0.2) is 0 Å². The van der Waals surface area contributed by atoms with Crippen molar-refractivity contribution >= 4 is 22.8 Å². The number of ether oxygens (including phenoxy) is 1. The van der Waals surface area contributed by atoms with Gasteiger partial charge in [0.25, 0.3) is 0 Å². The van der Waals surface area contributed by atoms with Crippen LogP contribution in [0.2, 0.25) is 0 Å². The number of furan rings is 1. The summed E-state index contributed by atoms with van der Waals surface area (Å²) in [4.78, 5) is 29.6. The topological polar surface area (TPSA) is 63.0 Å². The number of piperidine rings is 1. The number of carbonyl (C=O) groups is 2. The first-order valence-corrected chi connectivity index (χ1v) is 10.9. The van der Waals surface area contributed by atoms with Crippen LogP contribution in [-0.2, 0) is 33.6 Å². The van der Waals surface area contributed by atoms with Crippen molar-refractivity contribution in [1.82, 2.24) is 9.80 Å². The fourth-order valence-electron chi connectivity index (χ4n) is 5.01. The molecule has 0 saturated carbocycles. The summed E-state index contributed by atoms with van der Waals surface area (Å²) in [6, 6.07) is 4.36. The van der Waals surface area contributed by atoms with Gasteiger partial charge in [0.1, 0.15) is 5.58 Å². The number of morpholine rings is 1. The second kappa shape index (κ2) is 7.82. The van der Waals surface area contributed by atoms with Crippen LogP contribution in [0.25, 0.3) is 11.0 Å². The number of likely N-dealkylation sites (tertiary alicyclic amines) is 1. The number of rotatable bonds is 3. The van der Waals surface area contributed by atoms with E-state index in [9.17, 15) is 9.59 Å². The van der Waals surface area contributed by atoms with Crippen molar-refractivity contribution in [2.75, 3.05) is 39.4 Å². The fraction of sp³-hybridized carbons (Fsp3) is 0.565. The number of amides is 2. The lowest BCUT2D eigenvalue weighted by Crippen LogP contribution is -2.49. The van der Waals surface area contributed by atoms with E-state index in [1.54, 1.807) is 6.26 Å². The van der Waals surface area contributed by atoms with E-state index in [1.165, 1.54) is 17.5 Å². The van der Waals surface area contributed by atoms with Gasteiger partial charge in [-0.05, 0) is 55.4 Å². The zero-order valence-electron chi connectivity index (χ0n) is 16.8. The van der Waals surface area contributed by atoms with Crippen molar-refractivity contribution in [3.05, 3.63) is 35.1 Å². The molecular formula is C23H28N2O4. The van der Waals surface area contributed by atoms with E-state index >= 15 is 0 Å². The maximum Gasteiger partial charge on any atom is 0.227 e. The quantitative estimate of drug-likeness (QED) is 0.800. The van der Waals surface area contributed by atoms with Gasteiger partial charge in [-0.1, -0.05) is 0 Å². The van der Waals surface area contributed by atoms with Gasteiger partial charge in [0.05, 0.1) is 31.8 Å². The molecule has 1 aliphatic carbocycles. The Bertz CT molecular complexity index is 928. The number of hydrogen-bond donors (Lipinski definition) is 0. The summed E-state index contributed by atoms with van der Waals surface area (Å²) in [5.41, 5.74) is 4.61. The molecule has 3 heterocycles. The van der Waals surface area contributed by atoms with Crippen LogP contribution in [-0.4, -0.2) is 61.0 Å². The van der Waals surface area contributed by atoms with Crippen molar-refractivity contribution in [3.8, 4) is 0 Å². The number of benzene rings is 1. The monoisotopic (exact) mass is 396 g/mol. The molecule has 2 fully saturated rings. The molecule has 154 valence electrons. The van der Waals surface area contributed by atoms with E-state index in [4.69, 9.17) is 9.15 Å². The molecule has 2 saturated heterocycles. The highest BCUT2D eigenvalue weighted by Gasteiger charge is 2.32. The minimum absolute atomic E-state index is 0.0878. The smallest absolute Gasteiger partial charge is 0.227 e. The molecule has 1 unspecified atom stereocenters. The van der Waals surface area contributed by atoms with Crippen molar-refractivity contribution in [2.45, 2.75) is 38.5 Å². The minimum atomic E-state index is -0.0878. The number of hydrogen-bond acceptors (Lipinski definition) is 4.